The van der Waals surface area contributed by atoms with Crippen LogP contribution in [0.25, 0.3) is 0 Å². The topological polar surface area (TPSA) is 92.5 Å². The summed E-state index contributed by atoms with van der Waals surface area (Å²) in [7, 11) is 0. The van der Waals surface area contributed by atoms with E-state index in [0.29, 0.717) is 6.54 Å². The Labute approximate surface area is 125 Å². The summed E-state index contributed by atoms with van der Waals surface area (Å²) in [6, 6.07) is 5.87. The van der Waals surface area contributed by atoms with Crippen LogP contribution in [0.15, 0.2) is 29.6 Å². The van der Waals surface area contributed by atoms with E-state index in [-0.39, 0.29) is 5.56 Å². The van der Waals surface area contributed by atoms with Crippen molar-refractivity contribution in [3.05, 3.63) is 55.8 Å². The Kier molecular flexibility index (Phi) is 4.54. The minimum absolute atomic E-state index is 0.0983. The molecule has 0 aliphatic heterocycles. The first kappa shape index (κ1) is 15.0. The van der Waals surface area contributed by atoms with Gasteiger partial charge in [-0.05, 0) is 29.5 Å². The summed E-state index contributed by atoms with van der Waals surface area (Å²) in [6.07, 6.45) is 0.872. The number of hydrogen-bond donors (Lipinski definition) is 2. The smallest absolute Gasteiger partial charge is 0.311 e. The lowest BCUT2D eigenvalue weighted by atomic mass is 10.1. The van der Waals surface area contributed by atoms with Crippen LogP contribution in [0.5, 0.6) is 5.75 Å². The summed E-state index contributed by atoms with van der Waals surface area (Å²) >= 11 is 1.54. The lowest BCUT2D eigenvalue weighted by Crippen LogP contribution is -2.23. The molecule has 2 N–H and O–H groups in total. The minimum atomic E-state index is -0.722. The highest BCUT2D eigenvalue weighted by Gasteiger charge is 2.20. The van der Waals surface area contributed by atoms with Gasteiger partial charge in [-0.3, -0.25) is 14.9 Å². The number of amides is 1. The van der Waals surface area contributed by atoms with Crippen LogP contribution in [0.1, 0.15) is 27.7 Å². The van der Waals surface area contributed by atoms with Gasteiger partial charge in [0.1, 0.15) is 0 Å². The van der Waals surface area contributed by atoms with Gasteiger partial charge >= 0.3 is 5.69 Å². The van der Waals surface area contributed by atoms with Crippen LogP contribution >= 0.6 is 11.3 Å². The maximum atomic E-state index is 12.0. The van der Waals surface area contributed by atoms with Crippen molar-refractivity contribution in [2.75, 3.05) is 0 Å². The number of phenols is 1. The Hall–Kier alpha value is -2.41. The molecule has 0 fully saturated rings. The van der Waals surface area contributed by atoms with Crippen LogP contribution < -0.4 is 5.32 Å². The summed E-state index contributed by atoms with van der Waals surface area (Å²) < 4.78 is 0. The quantitative estimate of drug-likeness (QED) is 0.656. The summed E-state index contributed by atoms with van der Waals surface area (Å²) in [6.45, 7) is 2.36. The van der Waals surface area contributed by atoms with E-state index in [0.717, 1.165) is 22.9 Å². The van der Waals surface area contributed by atoms with Crippen molar-refractivity contribution in [2.24, 2.45) is 0 Å². The van der Waals surface area contributed by atoms with Crippen molar-refractivity contribution < 1.29 is 14.8 Å². The first-order chi connectivity index (χ1) is 10.0. The zero-order valence-electron chi connectivity index (χ0n) is 11.3. The number of nitro benzene ring substituents is 1. The number of carbonyl (C=O) groups is 1. The molecule has 2 aromatic rings. The fraction of sp³-hybridized carbons (Fsp3) is 0.214. The summed E-state index contributed by atoms with van der Waals surface area (Å²) in [5.74, 6) is -1.14. The molecule has 1 aromatic heterocycles. The van der Waals surface area contributed by atoms with Crippen molar-refractivity contribution in [1.29, 1.82) is 0 Å². The van der Waals surface area contributed by atoms with Crippen LogP contribution in [0.2, 0.25) is 0 Å². The summed E-state index contributed by atoms with van der Waals surface area (Å²) in [5.41, 5.74) is 0.579. The molecule has 1 heterocycles. The largest absolute Gasteiger partial charge is 0.502 e. The number of hydrogen-bond acceptors (Lipinski definition) is 5. The van der Waals surface area contributed by atoms with Gasteiger partial charge in [0.2, 0.25) is 5.75 Å². The van der Waals surface area contributed by atoms with Gasteiger partial charge in [0, 0.05) is 10.9 Å². The molecule has 110 valence electrons. The lowest BCUT2D eigenvalue weighted by molar-refractivity contribution is -0.385. The summed E-state index contributed by atoms with van der Waals surface area (Å²) in [5, 5.41) is 25.1. The first-order valence-electron chi connectivity index (χ1n) is 6.34. The third-order valence-electron chi connectivity index (χ3n) is 3.08. The molecule has 0 aliphatic rings. The van der Waals surface area contributed by atoms with Crippen molar-refractivity contribution in [2.45, 2.75) is 19.9 Å². The molecule has 2 rings (SSSR count). The van der Waals surface area contributed by atoms with Gasteiger partial charge < -0.3 is 10.4 Å². The number of nitrogens with zero attached hydrogens (tertiary/aromatic N) is 1. The second-order valence-electron chi connectivity index (χ2n) is 4.34. The van der Waals surface area contributed by atoms with Gasteiger partial charge in [-0.1, -0.05) is 13.0 Å². The molecule has 0 bridgehead atoms. The van der Waals surface area contributed by atoms with Gasteiger partial charge in [0.05, 0.1) is 17.0 Å². The average molecular weight is 306 g/mol. The molecule has 0 unspecified atom stereocenters. The van der Waals surface area contributed by atoms with Gasteiger partial charge in [-0.15, -0.1) is 11.3 Å². The van der Waals surface area contributed by atoms with Crippen molar-refractivity contribution in [3.63, 3.8) is 0 Å². The number of aryl methyl sites for hydroxylation is 1. The molecular weight excluding hydrogens is 292 g/mol. The van der Waals surface area contributed by atoms with Gasteiger partial charge in [0.25, 0.3) is 5.91 Å². The average Bonchev–Trinajstić information content (AvgIpc) is 2.92. The molecule has 0 saturated heterocycles. The highest BCUT2D eigenvalue weighted by Crippen LogP contribution is 2.29. The highest BCUT2D eigenvalue weighted by atomic mass is 32.1. The predicted octanol–water partition coefficient (Wildman–Crippen LogP) is 2.85. The standard InChI is InChI=1S/C14H14N2O4S/c1-2-9-6-7-21-12(9)8-15-14(18)10-4-3-5-11(13(10)17)16(19)20/h3-7,17H,2,8H2,1H3,(H,15,18). The third kappa shape index (κ3) is 3.19. The molecule has 1 aromatic carbocycles. The molecular formula is C14H14N2O4S. The van der Waals surface area contributed by atoms with E-state index < -0.39 is 22.3 Å². The zero-order chi connectivity index (χ0) is 15.4. The van der Waals surface area contributed by atoms with Crippen molar-refractivity contribution in [3.8, 4) is 5.75 Å². The number of para-hydroxylation sites is 1. The Morgan fingerprint density at radius 1 is 1.43 bits per heavy atom. The van der Waals surface area contributed by atoms with E-state index in [1.54, 1.807) is 0 Å². The van der Waals surface area contributed by atoms with Crippen LogP contribution in [0, 0.1) is 10.1 Å². The van der Waals surface area contributed by atoms with Crippen LogP contribution in [0.3, 0.4) is 0 Å². The Morgan fingerprint density at radius 3 is 2.86 bits per heavy atom. The summed E-state index contributed by atoms with van der Waals surface area (Å²) in [4.78, 5) is 23.1. The van der Waals surface area contributed by atoms with Gasteiger partial charge in [0.15, 0.2) is 0 Å². The lowest BCUT2D eigenvalue weighted by Gasteiger charge is -2.07. The number of thiophene rings is 1. The van der Waals surface area contributed by atoms with Crippen molar-refractivity contribution >= 4 is 22.9 Å². The molecule has 21 heavy (non-hydrogen) atoms. The normalized spacial score (nSPS) is 10.3. The second-order valence-corrected chi connectivity index (χ2v) is 5.34. The zero-order valence-corrected chi connectivity index (χ0v) is 12.1. The first-order valence-corrected chi connectivity index (χ1v) is 7.22. The maximum Gasteiger partial charge on any atom is 0.311 e. The van der Waals surface area contributed by atoms with Crippen LogP contribution in [-0.2, 0) is 13.0 Å². The number of carbonyl (C=O) groups excluding carboxylic acids is 1. The van der Waals surface area contributed by atoms with Crippen LogP contribution in [0.4, 0.5) is 5.69 Å². The fourth-order valence-electron chi connectivity index (χ4n) is 1.95. The van der Waals surface area contributed by atoms with Crippen LogP contribution in [-0.4, -0.2) is 15.9 Å². The Bertz CT molecular complexity index is 681. The molecule has 0 radical (unpaired) electrons. The maximum absolute atomic E-state index is 12.0. The SMILES string of the molecule is CCc1ccsc1CNC(=O)c1cccc([N+](=O)[O-])c1O. The fourth-order valence-corrected chi connectivity index (χ4v) is 2.87. The molecule has 6 nitrogen and oxygen atoms in total. The van der Waals surface area contributed by atoms with E-state index in [9.17, 15) is 20.0 Å². The van der Waals surface area contributed by atoms with Gasteiger partial charge in [-0.2, -0.15) is 0 Å². The van der Waals surface area contributed by atoms with E-state index in [1.807, 2.05) is 18.4 Å². The Balaban J connectivity index is 2.14. The monoisotopic (exact) mass is 306 g/mol. The molecule has 0 atom stereocenters. The second kappa shape index (κ2) is 6.36. The molecule has 7 heteroatoms. The number of nitrogens with one attached hydrogen (secondary N) is 1. The van der Waals surface area contributed by atoms with Gasteiger partial charge in [-0.25, -0.2) is 0 Å². The molecule has 0 spiro atoms. The predicted molar refractivity (Wildman–Crippen MR) is 79.6 cm³/mol. The van der Waals surface area contributed by atoms with E-state index in [2.05, 4.69) is 5.32 Å². The minimum Gasteiger partial charge on any atom is -0.502 e. The number of rotatable bonds is 5. The molecule has 0 aliphatic carbocycles. The van der Waals surface area contributed by atoms with Crippen molar-refractivity contribution in [1.82, 2.24) is 5.32 Å². The van der Waals surface area contributed by atoms with E-state index >= 15 is 0 Å². The highest BCUT2D eigenvalue weighted by molar-refractivity contribution is 7.10. The number of benzene rings is 1. The Morgan fingerprint density at radius 2 is 2.19 bits per heavy atom. The molecule has 0 saturated carbocycles. The number of phenolic OH excluding ortho intramolecular Hbond substituents is 1. The number of nitro groups is 1. The van der Waals surface area contributed by atoms with E-state index in [4.69, 9.17) is 0 Å². The third-order valence-corrected chi connectivity index (χ3v) is 4.05. The number of aromatic hydroxyl groups is 1. The van der Waals surface area contributed by atoms with E-state index in [1.165, 1.54) is 23.5 Å². The molecule has 1 amide bonds.